The average Bonchev–Trinajstić information content (AvgIpc) is 2.09. The molecule has 0 saturated carbocycles. The number of piperazine rings is 1. The molecule has 0 aromatic heterocycles. The Morgan fingerprint density at radius 1 is 1.42 bits per heavy atom. The van der Waals surface area contributed by atoms with Crippen LogP contribution < -0.4 is 0 Å². The summed E-state index contributed by atoms with van der Waals surface area (Å²) in [6, 6.07) is 0.591. The number of rotatable bonds is 2. The average molecular weight is 174 g/mol. The third-order valence-corrected chi connectivity index (χ3v) is 2.89. The molecule has 0 spiro atoms. The fraction of sp³-hybridized carbons (Fsp3) is 1.00. The first-order valence-electron chi connectivity index (χ1n) is 4.69. The van der Waals surface area contributed by atoms with E-state index in [0.29, 0.717) is 6.04 Å². The second-order valence-electron chi connectivity index (χ2n) is 3.67. The monoisotopic (exact) mass is 174 g/mol. The highest BCUT2D eigenvalue weighted by atomic mass is 19.1. The van der Waals surface area contributed by atoms with Crippen LogP contribution in [0.3, 0.4) is 0 Å². The Labute approximate surface area is 74.3 Å². The molecule has 12 heavy (non-hydrogen) atoms. The molecule has 0 radical (unpaired) electrons. The zero-order valence-electron chi connectivity index (χ0n) is 8.26. The molecule has 0 bridgehead atoms. The van der Waals surface area contributed by atoms with Gasteiger partial charge < -0.3 is 4.90 Å². The molecule has 72 valence electrons. The number of halogens is 1. The Morgan fingerprint density at radius 3 is 2.58 bits per heavy atom. The van der Waals surface area contributed by atoms with Gasteiger partial charge in [0.25, 0.3) is 0 Å². The molecule has 1 aliphatic rings. The second kappa shape index (κ2) is 4.19. The first-order valence-corrected chi connectivity index (χ1v) is 4.69. The maximum Gasteiger partial charge on any atom is 0.106 e. The minimum atomic E-state index is -0.225. The molecule has 0 aromatic rings. The topological polar surface area (TPSA) is 6.48 Å². The van der Waals surface area contributed by atoms with Crippen LogP contribution in [-0.4, -0.2) is 55.2 Å². The van der Waals surface area contributed by atoms with E-state index >= 15 is 0 Å². The second-order valence-corrected chi connectivity index (χ2v) is 3.67. The van der Waals surface area contributed by atoms with Crippen molar-refractivity contribution in [3.63, 3.8) is 0 Å². The SMILES string of the molecule is CCN1C[C@H](CF)N(C)[C@@H](C)C1. The van der Waals surface area contributed by atoms with Crippen molar-refractivity contribution in [3.05, 3.63) is 0 Å². The largest absolute Gasteiger partial charge is 0.300 e. The van der Waals surface area contributed by atoms with Gasteiger partial charge in [0.15, 0.2) is 0 Å². The van der Waals surface area contributed by atoms with E-state index in [9.17, 15) is 4.39 Å². The summed E-state index contributed by atoms with van der Waals surface area (Å²) in [5.41, 5.74) is 0. The summed E-state index contributed by atoms with van der Waals surface area (Å²) < 4.78 is 12.5. The molecule has 1 heterocycles. The van der Waals surface area contributed by atoms with Crippen LogP contribution in [0.1, 0.15) is 13.8 Å². The van der Waals surface area contributed by atoms with Crippen LogP contribution in [0, 0.1) is 0 Å². The zero-order valence-corrected chi connectivity index (χ0v) is 8.26. The van der Waals surface area contributed by atoms with Gasteiger partial charge in [-0.15, -0.1) is 0 Å². The van der Waals surface area contributed by atoms with Crippen LogP contribution >= 0.6 is 0 Å². The Morgan fingerprint density at radius 2 is 2.08 bits per heavy atom. The van der Waals surface area contributed by atoms with Gasteiger partial charge >= 0.3 is 0 Å². The van der Waals surface area contributed by atoms with Gasteiger partial charge in [-0.05, 0) is 20.5 Å². The van der Waals surface area contributed by atoms with Gasteiger partial charge in [0.2, 0.25) is 0 Å². The Balaban J connectivity index is 2.52. The standard InChI is InChI=1S/C9H19FN2/c1-4-12-6-8(2)11(3)9(5-10)7-12/h8-9H,4-7H2,1-3H3/t8-,9-/m0/s1. The van der Waals surface area contributed by atoms with Gasteiger partial charge in [0.05, 0.1) is 6.04 Å². The molecule has 0 unspecified atom stereocenters. The number of nitrogens with zero attached hydrogens (tertiary/aromatic N) is 2. The van der Waals surface area contributed by atoms with Crippen molar-refractivity contribution in [1.29, 1.82) is 0 Å². The normalized spacial score (nSPS) is 34.0. The molecule has 0 aromatic carbocycles. The Bertz CT molecular complexity index is 140. The fourth-order valence-corrected chi connectivity index (χ4v) is 1.78. The summed E-state index contributed by atoms with van der Waals surface area (Å²) in [6.45, 7) is 7.06. The van der Waals surface area contributed by atoms with Crippen molar-refractivity contribution in [3.8, 4) is 0 Å². The van der Waals surface area contributed by atoms with Crippen LogP contribution in [0.2, 0.25) is 0 Å². The highest BCUT2D eigenvalue weighted by Gasteiger charge is 2.28. The lowest BCUT2D eigenvalue weighted by Crippen LogP contribution is -2.56. The van der Waals surface area contributed by atoms with Gasteiger partial charge in [0.1, 0.15) is 6.67 Å². The highest BCUT2D eigenvalue weighted by Crippen LogP contribution is 2.13. The number of hydrogen-bond acceptors (Lipinski definition) is 2. The predicted molar refractivity (Wildman–Crippen MR) is 49.1 cm³/mol. The van der Waals surface area contributed by atoms with E-state index in [1.54, 1.807) is 0 Å². The minimum Gasteiger partial charge on any atom is -0.300 e. The van der Waals surface area contributed by atoms with E-state index in [2.05, 4.69) is 23.6 Å². The maximum absolute atomic E-state index is 12.5. The molecular weight excluding hydrogens is 155 g/mol. The van der Waals surface area contributed by atoms with E-state index in [-0.39, 0.29) is 12.7 Å². The number of hydrogen-bond donors (Lipinski definition) is 0. The summed E-state index contributed by atoms with van der Waals surface area (Å²) in [4.78, 5) is 4.46. The first-order chi connectivity index (χ1) is 5.69. The fourth-order valence-electron chi connectivity index (χ4n) is 1.78. The summed E-state index contributed by atoms with van der Waals surface area (Å²) in [6.07, 6.45) is 0. The molecule has 2 nitrogen and oxygen atoms in total. The quantitative estimate of drug-likeness (QED) is 0.616. The summed E-state index contributed by atoms with van der Waals surface area (Å²) in [5, 5.41) is 0. The van der Waals surface area contributed by atoms with Gasteiger partial charge in [-0.1, -0.05) is 6.92 Å². The van der Waals surface area contributed by atoms with E-state index in [4.69, 9.17) is 0 Å². The maximum atomic E-state index is 12.5. The van der Waals surface area contributed by atoms with Crippen molar-refractivity contribution in [2.45, 2.75) is 25.9 Å². The number of likely N-dealkylation sites (N-methyl/N-ethyl adjacent to an activating group) is 2. The number of alkyl halides is 1. The van der Waals surface area contributed by atoms with Crippen LogP contribution in [-0.2, 0) is 0 Å². The van der Waals surface area contributed by atoms with Gasteiger partial charge in [-0.25, -0.2) is 4.39 Å². The molecule has 0 aliphatic carbocycles. The molecule has 3 heteroatoms. The minimum absolute atomic E-state index is 0.105. The highest BCUT2D eigenvalue weighted by molar-refractivity contribution is 4.84. The van der Waals surface area contributed by atoms with Gasteiger partial charge in [-0.2, -0.15) is 0 Å². The molecular formula is C9H19FN2. The smallest absolute Gasteiger partial charge is 0.106 e. The van der Waals surface area contributed by atoms with E-state index in [1.807, 2.05) is 7.05 Å². The molecule has 1 saturated heterocycles. The van der Waals surface area contributed by atoms with Crippen LogP contribution in [0.15, 0.2) is 0 Å². The predicted octanol–water partition coefficient (Wildman–Crippen LogP) is 0.980. The van der Waals surface area contributed by atoms with Crippen LogP contribution in [0.4, 0.5) is 4.39 Å². The lowest BCUT2D eigenvalue weighted by atomic mass is 10.1. The third kappa shape index (κ3) is 1.96. The summed E-state index contributed by atoms with van der Waals surface area (Å²) >= 11 is 0. The molecule has 2 atom stereocenters. The molecule has 1 aliphatic heterocycles. The molecule has 1 rings (SSSR count). The molecule has 1 fully saturated rings. The van der Waals surface area contributed by atoms with E-state index < -0.39 is 0 Å². The van der Waals surface area contributed by atoms with Crippen molar-refractivity contribution in [2.24, 2.45) is 0 Å². The lowest BCUT2D eigenvalue weighted by Gasteiger charge is -2.42. The van der Waals surface area contributed by atoms with Gasteiger partial charge in [-0.3, -0.25) is 4.90 Å². The van der Waals surface area contributed by atoms with Crippen molar-refractivity contribution in [2.75, 3.05) is 33.4 Å². The Kier molecular flexibility index (Phi) is 3.47. The van der Waals surface area contributed by atoms with Crippen molar-refractivity contribution >= 4 is 0 Å². The Hall–Kier alpha value is -0.150. The van der Waals surface area contributed by atoms with E-state index in [1.165, 1.54) is 0 Å². The van der Waals surface area contributed by atoms with Crippen LogP contribution in [0.5, 0.6) is 0 Å². The van der Waals surface area contributed by atoms with E-state index in [0.717, 1.165) is 19.6 Å². The van der Waals surface area contributed by atoms with Crippen LogP contribution in [0.25, 0.3) is 0 Å². The molecule has 0 N–H and O–H groups in total. The zero-order chi connectivity index (χ0) is 9.14. The molecule has 0 amide bonds. The third-order valence-electron chi connectivity index (χ3n) is 2.89. The van der Waals surface area contributed by atoms with Crippen molar-refractivity contribution in [1.82, 2.24) is 9.80 Å². The van der Waals surface area contributed by atoms with Gasteiger partial charge in [0, 0.05) is 19.1 Å². The lowest BCUT2D eigenvalue weighted by molar-refractivity contribution is 0.0423. The first kappa shape index (κ1) is 9.93. The summed E-state index contributed by atoms with van der Waals surface area (Å²) in [7, 11) is 2.02. The van der Waals surface area contributed by atoms with Crippen molar-refractivity contribution < 1.29 is 4.39 Å². The summed E-state index contributed by atoms with van der Waals surface area (Å²) in [5.74, 6) is 0.